The first-order valence-electron chi connectivity index (χ1n) is 8.81. The molecule has 0 fully saturated rings. The molecule has 0 aromatic carbocycles. The summed E-state index contributed by atoms with van der Waals surface area (Å²) in [4.78, 5) is 24.3. The average Bonchev–Trinajstić information content (AvgIpc) is 2.67. The molecule has 0 spiro atoms. The number of methoxy groups -OCH3 is 1. The van der Waals surface area contributed by atoms with Crippen LogP contribution in [0.3, 0.4) is 0 Å². The van der Waals surface area contributed by atoms with Crippen molar-refractivity contribution in [2.75, 3.05) is 19.4 Å². The second kappa shape index (κ2) is 7.87. The molecule has 0 saturated heterocycles. The van der Waals surface area contributed by atoms with Crippen molar-refractivity contribution >= 4 is 29.0 Å². The number of pyridine rings is 1. The average molecular weight is 393 g/mol. The quantitative estimate of drug-likeness (QED) is 0.679. The molecule has 0 aliphatic carbocycles. The predicted molar refractivity (Wildman–Crippen MR) is 95.5 cm³/mol. The number of halogens is 2. The van der Waals surface area contributed by atoms with E-state index in [2.05, 4.69) is 30.5 Å². The van der Waals surface area contributed by atoms with Crippen LogP contribution in [0, 0.1) is 5.82 Å². The van der Waals surface area contributed by atoms with Gasteiger partial charge in [-0.1, -0.05) is 11.6 Å². The minimum Gasteiger partial charge on any atom is -0.492 e. The highest BCUT2D eigenvalue weighted by Gasteiger charge is 2.19. The SMILES string of the molecule is [2H]C([2H])([2H])NC(=O)c1nnc(Cl)cc1Nc1nccc(-c2ncc(F)cn2)c1OC. The summed E-state index contributed by atoms with van der Waals surface area (Å²) >= 11 is 5.87. The smallest absolute Gasteiger partial charge is 0.273 e. The van der Waals surface area contributed by atoms with Crippen LogP contribution in [0.4, 0.5) is 15.9 Å². The van der Waals surface area contributed by atoms with Crippen molar-refractivity contribution in [2.24, 2.45) is 0 Å². The first kappa shape index (κ1) is 14.7. The number of hydrogen-bond acceptors (Lipinski definition) is 8. The molecule has 0 aliphatic rings. The Morgan fingerprint density at radius 2 is 2.07 bits per heavy atom. The van der Waals surface area contributed by atoms with Gasteiger partial charge in [0.05, 0.1) is 30.8 Å². The lowest BCUT2D eigenvalue weighted by Crippen LogP contribution is -2.21. The monoisotopic (exact) mass is 392 g/mol. The lowest BCUT2D eigenvalue weighted by Gasteiger charge is -2.14. The zero-order valence-corrected chi connectivity index (χ0v) is 14.5. The van der Waals surface area contributed by atoms with E-state index >= 15 is 0 Å². The van der Waals surface area contributed by atoms with Crippen LogP contribution in [0.2, 0.25) is 5.15 Å². The number of rotatable bonds is 5. The van der Waals surface area contributed by atoms with E-state index in [-0.39, 0.29) is 33.9 Å². The highest BCUT2D eigenvalue weighted by molar-refractivity contribution is 6.29. The van der Waals surface area contributed by atoms with Crippen LogP contribution < -0.4 is 15.4 Å². The molecule has 27 heavy (non-hydrogen) atoms. The summed E-state index contributed by atoms with van der Waals surface area (Å²) < 4.78 is 40.1. The summed E-state index contributed by atoms with van der Waals surface area (Å²) in [5.74, 6) is -1.13. The Bertz CT molecular complexity index is 1080. The molecule has 0 aliphatic heterocycles. The van der Waals surface area contributed by atoms with Gasteiger partial charge >= 0.3 is 0 Å². The minimum absolute atomic E-state index is 0.0275. The van der Waals surface area contributed by atoms with Crippen LogP contribution in [-0.2, 0) is 0 Å². The van der Waals surface area contributed by atoms with Gasteiger partial charge in [-0.25, -0.2) is 19.3 Å². The zero-order valence-electron chi connectivity index (χ0n) is 16.7. The highest BCUT2D eigenvalue weighted by atomic mass is 35.5. The number of ether oxygens (including phenoxy) is 1. The summed E-state index contributed by atoms with van der Waals surface area (Å²) in [5, 5.41) is 11.8. The van der Waals surface area contributed by atoms with Crippen molar-refractivity contribution < 1.29 is 18.0 Å². The normalized spacial score (nSPS) is 12.5. The molecule has 3 aromatic heterocycles. The van der Waals surface area contributed by atoms with Crippen molar-refractivity contribution in [1.29, 1.82) is 0 Å². The van der Waals surface area contributed by atoms with E-state index in [1.165, 1.54) is 19.4 Å². The Morgan fingerprint density at radius 1 is 1.30 bits per heavy atom. The summed E-state index contributed by atoms with van der Waals surface area (Å²) in [7, 11) is 1.37. The molecule has 3 rings (SSSR count). The zero-order chi connectivity index (χ0) is 21.9. The third kappa shape index (κ3) is 3.90. The second-order valence-electron chi connectivity index (χ2n) is 4.97. The maximum absolute atomic E-state index is 13.1. The van der Waals surface area contributed by atoms with Gasteiger partial charge in [0.25, 0.3) is 5.91 Å². The van der Waals surface area contributed by atoms with E-state index in [4.69, 9.17) is 20.5 Å². The van der Waals surface area contributed by atoms with Crippen LogP contribution in [0.1, 0.15) is 14.6 Å². The number of nitrogens with zero attached hydrogens (tertiary/aromatic N) is 5. The molecule has 0 radical (unpaired) electrons. The van der Waals surface area contributed by atoms with E-state index in [1.807, 2.05) is 5.32 Å². The fourth-order valence-electron chi connectivity index (χ4n) is 2.19. The lowest BCUT2D eigenvalue weighted by molar-refractivity contribution is 0.0958. The predicted octanol–water partition coefficient (Wildman–Crippen LogP) is 2.23. The van der Waals surface area contributed by atoms with E-state index in [0.717, 1.165) is 12.4 Å². The third-order valence-corrected chi connectivity index (χ3v) is 3.50. The molecular weight excluding hydrogens is 377 g/mol. The van der Waals surface area contributed by atoms with Gasteiger partial charge in [0.1, 0.15) is 0 Å². The fourth-order valence-corrected chi connectivity index (χ4v) is 2.34. The number of aromatic nitrogens is 5. The molecule has 138 valence electrons. The van der Waals surface area contributed by atoms with Gasteiger partial charge in [0, 0.05) is 23.4 Å². The molecule has 0 saturated carbocycles. The van der Waals surface area contributed by atoms with Crippen molar-refractivity contribution in [3.05, 3.63) is 47.4 Å². The highest BCUT2D eigenvalue weighted by Crippen LogP contribution is 2.35. The molecule has 11 heteroatoms. The van der Waals surface area contributed by atoms with E-state index < -0.39 is 18.7 Å². The first-order valence-corrected chi connectivity index (χ1v) is 7.69. The second-order valence-corrected chi connectivity index (χ2v) is 5.36. The maximum atomic E-state index is 13.1. The summed E-state index contributed by atoms with van der Waals surface area (Å²) in [6, 6.07) is 2.82. The number of amides is 1. The Labute approximate surface area is 162 Å². The van der Waals surface area contributed by atoms with Gasteiger partial charge in [-0.3, -0.25) is 4.79 Å². The van der Waals surface area contributed by atoms with E-state index in [1.54, 1.807) is 6.07 Å². The van der Waals surface area contributed by atoms with Gasteiger partial charge < -0.3 is 15.4 Å². The van der Waals surface area contributed by atoms with Crippen LogP contribution >= 0.6 is 11.6 Å². The molecule has 0 atom stereocenters. The molecule has 3 aromatic rings. The van der Waals surface area contributed by atoms with Gasteiger partial charge in [-0.15, -0.1) is 10.2 Å². The maximum Gasteiger partial charge on any atom is 0.273 e. The van der Waals surface area contributed by atoms with Gasteiger partial charge in [0.2, 0.25) is 0 Å². The van der Waals surface area contributed by atoms with Crippen LogP contribution in [0.15, 0.2) is 30.7 Å². The van der Waals surface area contributed by atoms with Gasteiger partial charge in [-0.05, 0) is 6.07 Å². The molecule has 3 heterocycles. The number of nitrogens with one attached hydrogen (secondary N) is 2. The van der Waals surface area contributed by atoms with Crippen molar-refractivity contribution in [1.82, 2.24) is 30.5 Å². The van der Waals surface area contributed by atoms with Crippen molar-refractivity contribution in [3.63, 3.8) is 0 Å². The minimum atomic E-state index is -2.73. The standard InChI is InChI=1S/C16H13ClFN7O2/c1-19-16(26)12-10(5-11(17)24-25-12)23-15-13(27-2)9(3-4-20-15)14-21-6-8(18)7-22-14/h3-7H,1-2H3,(H,19,26)(H,20,23,24)/i1D3. The van der Waals surface area contributed by atoms with Gasteiger partial charge in [-0.2, -0.15) is 0 Å². The van der Waals surface area contributed by atoms with Gasteiger partial charge in [0.15, 0.2) is 34.1 Å². The largest absolute Gasteiger partial charge is 0.492 e. The number of anilines is 2. The Hall–Kier alpha value is -3.40. The summed E-state index contributed by atoms with van der Waals surface area (Å²) in [6.07, 6.45) is 3.41. The fraction of sp³-hybridized carbons (Fsp3) is 0.125. The Kier molecular flexibility index (Phi) is 4.30. The van der Waals surface area contributed by atoms with Crippen molar-refractivity contribution in [3.8, 4) is 17.1 Å². The molecule has 1 amide bonds. The molecule has 2 N–H and O–H groups in total. The number of carbonyl (C=O) groups excluding carboxylic acids is 1. The summed E-state index contributed by atoms with van der Waals surface area (Å²) in [6.45, 7) is -2.73. The molecule has 0 unspecified atom stereocenters. The van der Waals surface area contributed by atoms with Crippen LogP contribution in [-0.4, -0.2) is 45.1 Å². The first-order chi connectivity index (χ1) is 14.2. The third-order valence-electron chi connectivity index (χ3n) is 3.32. The van der Waals surface area contributed by atoms with E-state index in [0.29, 0.717) is 5.56 Å². The topological polar surface area (TPSA) is 115 Å². The Morgan fingerprint density at radius 3 is 2.78 bits per heavy atom. The van der Waals surface area contributed by atoms with Crippen molar-refractivity contribution in [2.45, 2.75) is 0 Å². The Balaban J connectivity index is 2.03. The molecule has 9 nitrogen and oxygen atoms in total. The van der Waals surface area contributed by atoms with Crippen LogP contribution in [0.25, 0.3) is 11.4 Å². The molecule has 0 bridgehead atoms. The van der Waals surface area contributed by atoms with Crippen LogP contribution in [0.5, 0.6) is 5.75 Å². The van der Waals surface area contributed by atoms with E-state index in [9.17, 15) is 9.18 Å². The lowest BCUT2D eigenvalue weighted by atomic mass is 10.2. The molecular formula is C16H13ClFN7O2. The summed E-state index contributed by atoms with van der Waals surface area (Å²) in [5.41, 5.74) is 0.0825. The number of hydrogen-bond donors (Lipinski definition) is 2. The number of carbonyl (C=O) groups is 1.